The highest BCUT2D eigenvalue weighted by molar-refractivity contribution is 5.95. The highest BCUT2D eigenvalue weighted by Gasteiger charge is 2.33. The molecule has 3 aromatic rings. The third kappa shape index (κ3) is 15.0. The number of carbonyl (C=O) groups is 5. The quantitative estimate of drug-likeness (QED) is 0.115. The number of hydrogen-bond acceptors (Lipinski definition) is 8. The average molecular weight is 732 g/mol. The van der Waals surface area contributed by atoms with Crippen molar-refractivity contribution in [1.82, 2.24) is 21.3 Å². The number of para-hydroxylation sites is 1. The smallest absolute Gasteiger partial charge is 0.408 e. The number of nitrogens with two attached hydrogens (primary N) is 1. The largest absolute Gasteiger partial charge is 0.489 e. The molecule has 286 valence electrons. The number of hydrogen-bond donors (Lipinski definition) is 6. The number of rotatable bonds is 18. The molecule has 3 rings (SSSR count). The third-order valence-corrected chi connectivity index (χ3v) is 7.96. The lowest BCUT2D eigenvalue weighted by molar-refractivity contribution is -0.134. The van der Waals surface area contributed by atoms with Crippen molar-refractivity contribution in [3.63, 3.8) is 0 Å². The predicted molar refractivity (Wildman–Crippen MR) is 200 cm³/mol. The van der Waals surface area contributed by atoms with E-state index in [1.54, 1.807) is 57.2 Å². The van der Waals surface area contributed by atoms with Gasteiger partial charge in [-0.1, -0.05) is 86.6 Å². The van der Waals surface area contributed by atoms with Gasteiger partial charge in [-0.2, -0.15) is 0 Å². The van der Waals surface area contributed by atoms with Gasteiger partial charge in [0.05, 0.1) is 6.10 Å². The first-order chi connectivity index (χ1) is 25.0. The number of carbonyl (C=O) groups excluding carboxylic acids is 5. The monoisotopic (exact) mass is 731 g/mol. The Morgan fingerprint density at radius 2 is 1.13 bits per heavy atom. The second-order valence-corrected chi connectivity index (χ2v) is 14.4. The summed E-state index contributed by atoms with van der Waals surface area (Å²) in [6, 6.07) is 20.7. The zero-order valence-corrected chi connectivity index (χ0v) is 31.3. The van der Waals surface area contributed by atoms with Gasteiger partial charge >= 0.3 is 6.09 Å². The Labute approximate surface area is 311 Å². The van der Waals surface area contributed by atoms with Crippen LogP contribution in [0.4, 0.5) is 4.79 Å². The van der Waals surface area contributed by atoms with E-state index in [4.69, 9.17) is 15.2 Å². The Morgan fingerprint density at radius 1 is 0.660 bits per heavy atom. The van der Waals surface area contributed by atoms with Crippen LogP contribution in [0, 0.1) is 5.92 Å². The molecule has 0 fully saturated rings. The molecule has 0 saturated heterocycles. The zero-order chi connectivity index (χ0) is 39.1. The minimum absolute atomic E-state index is 0.00132. The fourth-order valence-electron chi connectivity index (χ4n) is 5.34. The average Bonchev–Trinajstić information content (AvgIpc) is 3.08. The van der Waals surface area contributed by atoms with E-state index in [0.29, 0.717) is 17.9 Å². The molecule has 0 aliphatic rings. The second-order valence-electron chi connectivity index (χ2n) is 14.4. The minimum atomic E-state index is -1.42. The fourth-order valence-corrected chi connectivity index (χ4v) is 5.34. The van der Waals surface area contributed by atoms with Crippen molar-refractivity contribution in [1.29, 1.82) is 0 Å². The van der Waals surface area contributed by atoms with E-state index in [2.05, 4.69) is 21.3 Å². The second kappa shape index (κ2) is 20.0. The first-order valence-corrected chi connectivity index (χ1v) is 17.7. The Kier molecular flexibility index (Phi) is 15.8. The van der Waals surface area contributed by atoms with E-state index in [-0.39, 0.29) is 25.2 Å². The van der Waals surface area contributed by atoms with E-state index in [0.717, 1.165) is 11.1 Å². The van der Waals surface area contributed by atoms with Gasteiger partial charge in [0.15, 0.2) is 0 Å². The van der Waals surface area contributed by atoms with Crippen LogP contribution in [0.5, 0.6) is 5.75 Å². The summed E-state index contributed by atoms with van der Waals surface area (Å²) in [6.07, 6.45) is -1.78. The van der Waals surface area contributed by atoms with Gasteiger partial charge in [-0.25, -0.2) is 4.79 Å². The number of nitrogens with one attached hydrogen (secondary N) is 4. The fraction of sp³-hybridized carbons (Fsp3) is 0.425. The normalized spacial score (nSPS) is 14.1. The maximum absolute atomic E-state index is 14.1. The molecule has 0 aromatic heterocycles. The summed E-state index contributed by atoms with van der Waals surface area (Å²) in [4.78, 5) is 66.3. The molecule has 7 N–H and O–H groups in total. The number of primary amides is 1. The summed E-state index contributed by atoms with van der Waals surface area (Å²) in [5.74, 6) is -2.32. The molecule has 13 nitrogen and oxygen atoms in total. The van der Waals surface area contributed by atoms with E-state index in [9.17, 15) is 29.1 Å². The van der Waals surface area contributed by atoms with Crippen molar-refractivity contribution in [2.75, 3.05) is 0 Å². The molecule has 13 heteroatoms. The maximum atomic E-state index is 14.1. The Hall–Kier alpha value is -5.43. The van der Waals surface area contributed by atoms with E-state index >= 15 is 0 Å². The van der Waals surface area contributed by atoms with E-state index < -0.39 is 65.6 Å². The number of benzene rings is 3. The first-order valence-electron chi connectivity index (χ1n) is 17.7. The predicted octanol–water partition coefficient (Wildman–Crippen LogP) is 3.31. The summed E-state index contributed by atoms with van der Waals surface area (Å²) in [5, 5.41) is 20.7. The van der Waals surface area contributed by atoms with Crippen molar-refractivity contribution in [2.24, 2.45) is 11.7 Å². The Bertz CT molecular complexity index is 1640. The van der Waals surface area contributed by atoms with Crippen LogP contribution < -0.4 is 31.7 Å². The van der Waals surface area contributed by atoms with Gasteiger partial charge < -0.3 is 41.6 Å². The molecule has 0 bridgehead atoms. The van der Waals surface area contributed by atoms with Crippen LogP contribution in [-0.2, 0) is 43.4 Å². The zero-order valence-electron chi connectivity index (χ0n) is 31.3. The third-order valence-electron chi connectivity index (χ3n) is 7.96. The number of aliphatic hydroxyl groups is 1. The minimum Gasteiger partial charge on any atom is -0.489 e. The molecule has 5 unspecified atom stereocenters. The van der Waals surface area contributed by atoms with Gasteiger partial charge in [0, 0.05) is 12.8 Å². The highest BCUT2D eigenvalue weighted by Crippen LogP contribution is 2.15. The molecular weight excluding hydrogens is 678 g/mol. The van der Waals surface area contributed by atoms with Crippen LogP contribution in [0.1, 0.15) is 64.7 Å². The van der Waals surface area contributed by atoms with Crippen LogP contribution in [0.25, 0.3) is 0 Å². The molecule has 3 aromatic carbocycles. The van der Waals surface area contributed by atoms with Crippen LogP contribution >= 0.6 is 0 Å². The lowest BCUT2D eigenvalue weighted by Gasteiger charge is -2.28. The Morgan fingerprint density at radius 3 is 1.62 bits per heavy atom. The molecule has 0 spiro atoms. The van der Waals surface area contributed by atoms with E-state index in [1.807, 2.05) is 62.4 Å². The van der Waals surface area contributed by atoms with Gasteiger partial charge in [-0.15, -0.1) is 0 Å². The molecule has 0 saturated carbocycles. The van der Waals surface area contributed by atoms with Gasteiger partial charge in [0.1, 0.15) is 42.1 Å². The van der Waals surface area contributed by atoms with Crippen molar-refractivity contribution < 1.29 is 38.6 Å². The molecule has 5 amide bonds. The lowest BCUT2D eigenvalue weighted by Crippen LogP contribution is -2.60. The van der Waals surface area contributed by atoms with Crippen LogP contribution in [-0.4, -0.2) is 70.7 Å². The summed E-state index contributed by atoms with van der Waals surface area (Å²) in [6.45, 7) is 10.5. The van der Waals surface area contributed by atoms with Gasteiger partial charge in [0.2, 0.25) is 23.6 Å². The van der Waals surface area contributed by atoms with Gasteiger partial charge in [0.25, 0.3) is 0 Å². The number of amides is 5. The first kappa shape index (κ1) is 42.0. The van der Waals surface area contributed by atoms with Crippen LogP contribution in [0.3, 0.4) is 0 Å². The van der Waals surface area contributed by atoms with Crippen molar-refractivity contribution in [3.05, 3.63) is 102 Å². The maximum Gasteiger partial charge on any atom is 0.408 e. The molecule has 0 aliphatic heterocycles. The number of aliphatic hydroxyl groups excluding tert-OH is 1. The van der Waals surface area contributed by atoms with Crippen LogP contribution in [0.15, 0.2) is 84.9 Å². The summed E-state index contributed by atoms with van der Waals surface area (Å²) < 4.78 is 11.2. The topological polar surface area (TPSA) is 198 Å². The van der Waals surface area contributed by atoms with Crippen molar-refractivity contribution in [2.45, 2.75) is 103 Å². The summed E-state index contributed by atoms with van der Waals surface area (Å²) in [7, 11) is 0. The standard InChI is InChI=1S/C40H53N5O8/c1-25(2)21-31(44-39(51)53-40(4,5)6)36(48)42-32(22-27-13-9-7-10-14-27)37(49)43-33(38(50)45-34(26(3)46)35(41)47)23-28-17-19-29(20-18-28)24-52-30-15-11-8-12-16-30/h7-20,25-26,31-34,46H,21-24H2,1-6H3,(H2,41,47)(H,42,48)(H,43,49)(H,44,51)(H,45,50). The number of ether oxygens (including phenoxy) is 2. The molecule has 0 radical (unpaired) electrons. The Balaban J connectivity index is 1.88. The van der Waals surface area contributed by atoms with Crippen molar-refractivity contribution in [3.8, 4) is 5.75 Å². The van der Waals surface area contributed by atoms with Gasteiger partial charge in [-0.05, 0) is 68.9 Å². The summed E-state index contributed by atoms with van der Waals surface area (Å²) in [5.41, 5.74) is 6.91. The van der Waals surface area contributed by atoms with Gasteiger partial charge in [-0.3, -0.25) is 19.2 Å². The van der Waals surface area contributed by atoms with Crippen molar-refractivity contribution >= 4 is 29.7 Å². The SMILES string of the molecule is CC(C)CC(NC(=O)OC(C)(C)C)C(=O)NC(Cc1ccccc1)C(=O)NC(Cc1ccc(COc2ccccc2)cc1)C(=O)NC(C(N)=O)C(C)O. The lowest BCUT2D eigenvalue weighted by atomic mass is 10.00. The summed E-state index contributed by atoms with van der Waals surface area (Å²) >= 11 is 0. The molecular formula is C40H53N5O8. The number of alkyl carbamates (subject to hydrolysis) is 1. The van der Waals surface area contributed by atoms with Crippen LogP contribution in [0.2, 0.25) is 0 Å². The highest BCUT2D eigenvalue weighted by atomic mass is 16.6. The molecule has 5 atom stereocenters. The molecule has 0 heterocycles. The molecule has 53 heavy (non-hydrogen) atoms. The molecule has 0 aliphatic carbocycles. The van der Waals surface area contributed by atoms with E-state index in [1.165, 1.54) is 6.92 Å².